The first-order chi connectivity index (χ1) is 19.7. The molecule has 0 radical (unpaired) electrons. The summed E-state index contributed by atoms with van der Waals surface area (Å²) in [6.07, 6.45) is -9.56. The third kappa shape index (κ3) is 5.97. The SMILES string of the molecule is C[C@@H](O[C@H]1CN2C(=O)C=C(c3ccc(C=O)cc3)CC2C1c1ccc(F)cc1)c1cc(C(F)(F)F)cc(C(F)(F)F)c1. The first-order valence-corrected chi connectivity index (χ1v) is 13.0. The molecule has 1 fully saturated rings. The molecule has 2 aliphatic rings. The number of carbonyl (C=O) groups excluding carboxylic acids is 2. The van der Waals surface area contributed by atoms with Gasteiger partial charge in [0.05, 0.1) is 23.3 Å². The minimum Gasteiger partial charge on any atom is -0.368 e. The molecule has 11 heteroatoms. The number of alkyl halides is 6. The van der Waals surface area contributed by atoms with Crippen LogP contribution in [0.4, 0.5) is 30.7 Å². The van der Waals surface area contributed by atoms with Crippen LogP contribution in [-0.4, -0.2) is 35.8 Å². The largest absolute Gasteiger partial charge is 0.416 e. The Morgan fingerprint density at radius 2 is 1.50 bits per heavy atom. The van der Waals surface area contributed by atoms with Gasteiger partial charge in [0, 0.05) is 30.1 Å². The summed E-state index contributed by atoms with van der Waals surface area (Å²) in [6.45, 7) is 1.38. The van der Waals surface area contributed by atoms with Gasteiger partial charge in [0.2, 0.25) is 5.91 Å². The second kappa shape index (κ2) is 11.0. The van der Waals surface area contributed by atoms with E-state index in [2.05, 4.69) is 0 Å². The van der Waals surface area contributed by atoms with Crippen molar-refractivity contribution in [3.8, 4) is 0 Å². The maximum Gasteiger partial charge on any atom is 0.416 e. The molecule has 0 saturated carbocycles. The molecule has 5 rings (SSSR count). The van der Waals surface area contributed by atoms with Gasteiger partial charge < -0.3 is 9.64 Å². The van der Waals surface area contributed by atoms with Crippen molar-refractivity contribution in [2.45, 2.75) is 49.9 Å². The number of amides is 1. The highest BCUT2D eigenvalue weighted by atomic mass is 19.4. The lowest BCUT2D eigenvalue weighted by molar-refractivity contribution is -0.143. The molecule has 1 amide bonds. The first-order valence-electron chi connectivity index (χ1n) is 13.0. The number of benzene rings is 3. The smallest absolute Gasteiger partial charge is 0.368 e. The normalized spacial score (nSPS) is 21.6. The molecule has 2 heterocycles. The zero-order valence-corrected chi connectivity index (χ0v) is 22.0. The number of hydrogen-bond donors (Lipinski definition) is 0. The summed E-state index contributed by atoms with van der Waals surface area (Å²) < 4.78 is 101. The van der Waals surface area contributed by atoms with Gasteiger partial charge in [0.15, 0.2) is 0 Å². The van der Waals surface area contributed by atoms with Crippen molar-refractivity contribution in [1.82, 2.24) is 4.90 Å². The lowest BCUT2D eigenvalue weighted by atomic mass is 9.83. The van der Waals surface area contributed by atoms with Crippen LogP contribution in [0.5, 0.6) is 0 Å². The van der Waals surface area contributed by atoms with E-state index in [9.17, 15) is 40.3 Å². The van der Waals surface area contributed by atoms with Crippen LogP contribution >= 0.6 is 0 Å². The Labute approximate surface area is 236 Å². The van der Waals surface area contributed by atoms with E-state index in [1.54, 1.807) is 29.2 Å². The number of fused-ring (bicyclic) bond motifs is 1. The summed E-state index contributed by atoms with van der Waals surface area (Å²) in [5, 5.41) is 0. The van der Waals surface area contributed by atoms with Gasteiger partial charge in [-0.15, -0.1) is 0 Å². The number of rotatable bonds is 6. The molecule has 2 aliphatic heterocycles. The molecule has 220 valence electrons. The predicted molar refractivity (Wildman–Crippen MR) is 139 cm³/mol. The van der Waals surface area contributed by atoms with E-state index < -0.39 is 53.5 Å². The van der Waals surface area contributed by atoms with Crippen LogP contribution in [0, 0.1) is 5.82 Å². The lowest BCUT2D eigenvalue weighted by Crippen LogP contribution is -2.39. The molecule has 0 aromatic heterocycles. The minimum atomic E-state index is -5.02. The first kappa shape index (κ1) is 29.5. The molecular weight excluding hydrogens is 567 g/mol. The number of halogens is 7. The van der Waals surface area contributed by atoms with E-state index in [1.165, 1.54) is 37.3 Å². The van der Waals surface area contributed by atoms with E-state index in [-0.39, 0.29) is 24.1 Å². The summed E-state index contributed by atoms with van der Waals surface area (Å²) in [7, 11) is 0. The fourth-order valence-corrected chi connectivity index (χ4v) is 5.67. The van der Waals surface area contributed by atoms with E-state index in [4.69, 9.17) is 4.74 Å². The molecule has 1 saturated heterocycles. The maximum atomic E-state index is 13.8. The summed E-state index contributed by atoms with van der Waals surface area (Å²) in [4.78, 5) is 25.9. The minimum absolute atomic E-state index is 0.0227. The maximum absolute atomic E-state index is 13.8. The van der Waals surface area contributed by atoms with Crippen molar-refractivity contribution < 1.29 is 45.1 Å². The summed E-state index contributed by atoms with van der Waals surface area (Å²) in [6, 6.07) is 13.0. The number of ether oxygens (including phenoxy) is 1. The molecule has 0 N–H and O–H groups in total. The van der Waals surface area contributed by atoms with Crippen LogP contribution in [0.2, 0.25) is 0 Å². The number of nitrogens with zero attached hydrogens (tertiary/aromatic N) is 1. The molecule has 0 spiro atoms. The Balaban J connectivity index is 1.49. The van der Waals surface area contributed by atoms with Crippen LogP contribution in [0.3, 0.4) is 0 Å². The van der Waals surface area contributed by atoms with Crippen molar-refractivity contribution >= 4 is 17.8 Å². The van der Waals surface area contributed by atoms with Crippen molar-refractivity contribution in [2.24, 2.45) is 0 Å². The quantitative estimate of drug-likeness (QED) is 0.219. The second-order valence-electron chi connectivity index (χ2n) is 10.4. The number of aldehydes is 1. The predicted octanol–water partition coefficient (Wildman–Crippen LogP) is 7.60. The number of hydrogen-bond acceptors (Lipinski definition) is 3. The van der Waals surface area contributed by atoms with E-state index in [0.717, 1.165) is 0 Å². The summed E-state index contributed by atoms with van der Waals surface area (Å²) in [5.41, 5.74) is -0.761. The molecular formula is C31H24F7NO3. The van der Waals surface area contributed by atoms with Gasteiger partial charge in [-0.3, -0.25) is 9.59 Å². The van der Waals surface area contributed by atoms with Gasteiger partial charge >= 0.3 is 12.4 Å². The highest BCUT2D eigenvalue weighted by molar-refractivity contribution is 5.98. The van der Waals surface area contributed by atoms with Gasteiger partial charge in [-0.2, -0.15) is 26.3 Å². The van der Waals surface area contributed by atoms with E-state index in [1.807, 2.05) is 0 Å². The van der Waals surface area contributed by atoms with Crippen LogP contribution in [-0.2, 0) is 21.9 Å². The van der Waals surface area contributed by atoms with Gasteiger partial charge in [0.1, 0.15) is 12.1 Å². The monoisotopic (exact) mass is 591 g/mol. The molecule has 3 aromatic carbocycles. The van der Waals surface area contributed by atoms with Crippen LogP contribution in [0.15, 0.2) is 72.8 Å². The van der Waals surface area contributed by atoms with Crippen LogP contribution in [0.1, 0.15) is 63.5 Å². The average molecular weight is 592 g/mol. The fourth-order valence-electron chi connectivity index (χ4n) is 5.67. The molecule has 4 nitrogen and oxygen atoms in total. The topological polar surface area (TPSA) is 46.6 Å². The molecule has 0 bridgehead atoms. The summed E-state index contributed by atoms with van der Waals surface area (Å²) >= 11 is 0. The Hall–Kier alpha value is -3.99. The zero-order valence-electron chi connectivity index (χ0n) is 22.0. The highest BCUT2D eigenvalue weighted by Crippen LogP contribution is 2.45. The van der Waals surface area contributed by atoms with Crippen molar-refractivity contribution in [1.29, 1.82) is 0 Å². The molecule has 3 aromatic rings. The molecule has 2 unspecified atom stereocenters. The third-order valence-electron chi connectivity index (χ3n) is 7.73. The van der Waals surface area contributed by atoms with Crippen molar-refractivity contribution in [3.63, 3.8) is 0 Å². The Bertz CT molecular complexity index is 1480. The fraction of sp³-hybridized carbons (Fsp3) is 0.290. The van der Waals surface area contributed by atoms with Crippen molar-refractivity contribution in [3.05, 3.63) is 112 Å². The van der Waals surface area contributed by atoms with Crippen molar-refractivity contribution in [2.75, 3.05) is 6.54 Å². The van der Waals surface area contributed by atoms with Gasteiger partial charge in [-0.25, -0.2) is 4.39 Å². The standard InChI is InChI=1S/C31H24F7NO3/c1-17(21-10-23(30(33,34)35)14-24(11-21)31(36,37)38)42-27-15-39-26(29(27)20-6-8-25(32)9-7-20)12-22(13-28(39)41)19-4-2-18(16-40)3-5-19/h2-11,13-14,16-17,26-27,29H,12,15H2,1H3/t17-,26?,27+,29?/m1/s1. The Morgan fingerprint density at radius 3 is 2.05 bits per heavy atom. The van der Waals surface area contributed by atoms with E-state index >= 15 is 0 Å². The van der Waals surface area contributed by atoms with Crippen LogP contribution in [0.25, 0.3) is 5.57 Å². The Morgan fingerprint density at radius 1 is 0.905 bits per heavy atom. The summed E-state index contributed by atoms with van der Waals surface area (Å²) in [5.74, 6) is -1.41. The van der Waals surface area contributed by atoms with Gasteiger partial charge in [-0.05, 0) is 65.9 Å². The van der Waals surface area contributed by atoms with E-state index in [0.29, 0.717) is 47.1 Å². The second-order valence-corrected chi connectivity index (χ2v) is 10.4. The third-order valence-corrected chi connectivity index (χ3v) is 7.73. The lowest BCUT2D eigenvalue weighted by Gasteiger charge is -2.33. The van der Waals surface area contributed by atoms with Gasteiger partial charge in [-0.1, -0.05) is 36.4 Å². The Kier molecular flexibility index (Phi) is 7.74. The average Bonchev–Trinajstić information content (AvgIpc) is 3.30. The molecule has 42 heavy (non-hydrogen) atoms. The number of carbonyl (C=O) groups is 2. The highest BCUT2D eigenvalue weighted by Gasteiger charge is 2.48. The zero-order chi connectivity index (χ0) is 30.4. The molecule has 4 atom stereocenters. The van der Waals surface area contributed by atoms with Crippen LogP contribution < -0.4 is 0 Å². The van der Waals surface area contributed by atoms with Gasteiger partial charge in [0.25, 0.3) is 0 Å². The molecule has 0 aliphatic carbocycles.